The van der Waals surface area contributed by atoms with E-state index in [-0.39, 0.29) is 24.5 Å². The molecule has 8 heteroatoms. The number of carbonyl (C=O) groups is 1. The summed E-state index contributed by atoms with van der Waals surface area (Å²) in [7, 11) is 0.599. The third-order valence-electron chi connectivity index (χ3n) is 3.94. The van der Waals surface area contributed by atoms with Gasteiger partial charge >= 0.3 is 0 Å². The van der Waals surface area contributed by atoms with Crippen molar-refractivity contribution in [2.45, 2.75) is 6.04 Å². The van der Waals surface area contributed by atoms with Crippen molar-refractivity contribution in [1.82, 2.24) is 14.5 Å². The Balaban J connectivity index is 1.93. The molecule has 0 aromatic heterocycles. The lowest BCUT2D eigenvalue weighted by atomic mass is 10.0. The van der Waals surface area contributed by atoms with E-state index in [1.54, 1.807) is 12.1 Å². The van der Waals surface area contributed by atoms with Crippen LogP contribution in [0.3, 0.4) is 0 Å². The van der Waals surface area contributed by atoms with E-state index in [1.807, 2.05) is 37.2 Å². The molecule has 1 aromatic carbocycles. The minimum Gasteiger partial charge on any atom is -0.484 e. The maximum Gasteiger partial charge on any atom is 0.258 e. The number of ether oxygens (including phenoxy) is 1. The summed E-state index contributed by atoms with van der Waals surface area (Å²) in [5.41, 5.74) is 0. The molecule has 1 N–H and O–H groups in total. The quantitative estimate of drug-likeness (QED) is 0.745. The second-order valence-electron chi connectivity index (χ2n) is 6.38. The topological polar surface area (TPSA) is 79.0 Å². The molecule has 0 spiro atoms. The molecule has 1 amide bonds. The molecule has 0 bridgehead atoms. The van der Waals surface area contributed by atoms with E-state index < -0.39 is 10.0 Å². The van der Waals surface area contributed by atoms with Crippen LogP contribution in [0.15, 0.2) is 30.3 Å². The summed E-state index contributed by atoms with van der Waals surface area (Å²) >= 11 is 0. The third-order valence-corrected chi connectivity index (χ3v) is 5.17. The van der Waals surface area contributed by atoms with Gasteiger partial charge in [0.15, 0.2) is 6.61 Å². The maximum atomic E-state index is 12.1. The van der Waals surface area contributed by atoms with Gasteiger partial charge in [0.2, 0.25) is 10.0 Å². The molecule has 1 heterocycles. The third kappa shape index (κ3) is 5.47. The molecule has 0 saturated carbocycles. The summed E-state index contributed by atoms with van der Waals surface area (Å²) in [5.74, 6) is 0.431. The Morgan fingerprint density at radius 3 is 2.54 bits per heavy atom. The first-order valence-corrected chi connectivity index (χ1v) is 9.67. The number of nitrogens with zero attached hydrogens (tertiary/aromatic N) is 2. The highest BCUT2D eigenvalue weighted by Crippen LogP contribution is 2.20. The van der Waals surface area contributed by atoms with Crippen LogP contribution in [0.2, 0.25) is 0 Å². The van der Waals surface area contributed by atoms with Gasteiger partial charge in [0.25, 0.3) is 5.91 Å². The molecule has 1 aliphatic rings. The molecule has 1 saturated heterocycles. The zero-order valence-corrected chi connectivity index (χ0v) is 15.1. The largest absolute Gasteiger partial charge is 0.484 e. The minimum atomic E-state index is -3.26. The zero-order chi connectivity index (χ0) is 17.7. The predicted octanol–water partition coefficient (Wildman–Crippen LogP) is 0.00320. The second-order valence-corrected chi connectivity index (χ2v) is 8.36. The SMILES string of the molecule is CN(C)C[C@@H]1CN(S(C)(=O)=O)C[C@H]1NC(=O)COc1ccccc1. The van der Waals surface area contributed by atoms with Gasteiger partial charge in [-0.2, -0.15) is 4.31 Å². The molecule has 0 radical (unpaired) electrons. The second kappa shape index (κ2) is 7.96. The van der Waals surface area contributed by atoms with Crippen LogP contribution in [0.1, 0.15) is 0 Å². The Labute approximate surface area is 143 Å². The van der Waals surface area contributed by atoms with E-state index >= 15 is 0 Å². The smallest absolute Gasteiger partial charge is 0.258 e. The fourth-order valence-electron chi connectivity index (χ4n) is 2.83. The van der Waals surface area contributed by atoms with E-state index in [0.717, 1.165) is 0 Å². The van der Waals surface area contributed by atoms with Crippen LogP contribution in [0.4, 0.5) is 0 Å². The lowest BCUT2D eigenvalue weighted by Gasteiger charge is -2.22. The molecule has 1 fully saturated rings. The highest BCUT2D eigenvalue weighted by molar-refractivity contribution is 7.88. The fourth-order valence-corrected chi connectivity index (χ4v) is 3.73. The first kappa shape index (κ1) is 18.7. The van der Waals surface area contributed by atoms with Crippen molar-refractivity contribution in [3.63, 3.8) is 0 Å². The predicted molar refractivity (Wildman–Crippen MR) is 92.3 cm³/mol. The van der Waals surface area contributed by atoms with Crippen LogP contribution in [-0.4, -0.2) is 76.2 Å². The van der Waals surface area contributed by atoms with Gasteiger partial charge in [0, 0.05) is 31.6 Å². The molecular weight excluding hydrogens is 330 g/mol. The Morgan fingerprint density at radius 1 is 1.29 bits per heavy atom. The molecule has 1 aromatic rings. The normalized spacial score (nSPS) is 21.8. The van der Waals surface area contributed by atoms with Gasteiger partial charge in [-0.15, -0.1) is 0 Å². The monoisotopic (exact) mass is 355 g/mol. The van der Waals surface area contributed by atoms with Gasteiger partial charge in [-0.05, 0) is 26.2 Å². The lowest BCUT2D eigenvalue weighted by molar-refractivity contribution is -0.124. The van der Waals surface area contributed by atoms with Gasteiger partial charge in [0.05, 0.1) is 6.26 Å². The molecular formula is C16H25N3O4S. The van der Waals surface area contributed by atoms with Crippen LogP contribution in [0, 0.1) is 5.92 Å². The number of amides is 1. The van der Waals surface area contributed by atoms with Crippen LogP contribution >= 0.6 is 0 Å². The molecule has 1 aliphatic heterocycles. The van der Waals surface area contributed by atoms with Gasteiger partial charge in [0.1, 0.15) is 5.75 Å². The van der Waals surface area contributed by atoms with Crippen LogP contribution < -0.4 is 10.1 Å². The molecule has 2 rings (SSSR count). The molecule has 0 aliphatic carbocycles. The average molecular weight is 355 g/mol. The summed E-state index contributed by atoms with van der Waals surface area (Å²) in [6, 6.07) is 8.89. The van der Waals surface area contributed by atoms with Crippen LogP contribution in [0.5, 0.6) is 5.75 Å². The van der Waals surface area contributed by atoms with Crippen molar-refractivity contribution in [1.29, 1.82) is 0 Å². The minimum absolute atomic E-state index is 0.0513. The Morgan fingerprint density at radius 2 is 1.96 bits per heavy atom. The molecule has 2 atom stereocenters. The molecule has 7 nitrogen and oxygen atoms in total. The van der Waals surface area contributed by atoms with Crippen molar-refractivity contribution < 1.29 is 17.9 Å². The van der Waals surface area contributed by atoms with E-state index in [4.69, 9.17) is 4.74 Å². The summed E-state index contributed by atoms with van der Waals surface area (Å²) in [5, 5.41) is 2.91. The van der Waals surface area contributed by atoms with E-state index in [9.17, 15) is 13.2 Å². The average Bonchev–Trinajstić information content (AvgIpc) is 2.88. The van der Waals surface area contributed by atoms with E-state index in [2.05, 4.69) is 5.32 Å². The highest BCUT2D eigenvalue weighted by Gasteiger charge is 2.37. The fraction of sp³-hybridized carbons (Fsp3) is 0.562. The van der Waals surface area contributed by atoms with Crippen LogP contribution in [-0.2, 0) is 14.8 Å². The standard InChI is InChI=1S/C16H25N3O4S/c1-18(2)9-13-10-19(24(3,21)22)11-15(13)17-16(20)12-23-14-7-5-4-6-8-14/h4-8,13,15H,9-12H2,1-3H3,(H,17,20)/t13-,15-/m1/s1. The number of nitrogens with one attached hydrogen (secondary N) is 1. The number of rotatable bonds is 7. The van der Waals surface area contributed by atoms with Gasteiger partial charge in [-0.3, -0.25) is 4.79 Å². The summed E-state index contributed by atoms with van der Waals surface area (Å²) < 4.78 is 30.4. The molecule has 0 unspecified atom stereocenters. The summed E-state index contributed by atoms with van der Waals surface area (Å²) in [6.45, 7) is 1.33. The highest BCUT2D eigenvalue weighted by atomic mass is 32.2. The zero-order valence-electron chi connectivity index (χ0n) is 14.3. The number of para-hydroxylation sites is 1. The van der Waals surface area contributed by atoms with Crippen molar-refractivity contribution >= 4 is 15.9 Å². The van der Waals surface area contributed by atoms with Crippen LogP contribution in [0.25, 0.3) is 0 Å². The number of carbonyl (C=O) groups excluding carboxylic acids is 1. The van der Waals surface area contributed by atoms with Gasteiger partial charge in [-0.25, -0.2) is 8.42 Å². The number of hydrogen-bond acceptors (Lipinski definition) is 5. The van der Waals surface area contributed by atoms with Crippen molar-refractivity contribution in [3.8, 4) is 5.75 Å². The van der Waals surface area contributed by atoms with Gasteiger partial charge in [-0.1, -0.05) is 18.2 Å². The Bertz CT molecular complexity index is 649. The number of hydrogen-bond donors (Lipinski definition) is 1. The summed E-state index contributed by atoms with van der Waals surface area (Å²) in [4.78, 5) is 14.1. The number of sulfonamides is 1. The first-order valence-electron chi connectivity index (χ1n) is 7.83. The maximum absolute atomic E-state index is 12.1. The van der Waals surface area contributed by atoms with Gasteiger partial charge < -0.3 is 15.0 Å². The Kier molecular flexibility index (Phi) is 6.20. The molecule has 24 heavy (non-hydrogen) atoms. The lowest BCUT2D eigenvalue weighted by Crippen LogP contribution is -2.45. The van der Waals surface area contributed by atoms with Crippen molar-refractivity contribution in [2.24, 2.45) is 5.92 Å². The number of benzene rings is 1. The van der Waals surface area contributed by atoms with Crippen molar-refractivity contribution in [3.05, 3.63) is 30.3 Å². The summed E-state index contributed by atoms with van der Waals surface area (Å²) in [6.07, 6.45) is 1.20. The van der Waals surface area contributed by atoms with E-state index in [1.165, 1.54) is 10.6 Å². The van der Waals surface area contributed by atoms with E-state index in [0.29, 0.717) is 25.4 Å². The first-order chi connectivity index (χ1) is 11.3. The Hall–Kier alpha value is -1.64. The molecule has 134 valence electrons. The van der Waals surface area contributed by atoms with Crippen molar-refractivity contribution in [2.75, 3.05) is 46.6 Å².